The molecule has 2 fully saturated rings. The van der Waals surface area contributed by atoms with E-state index in [-0.39, 0.29) is 5.92 Å². The fraction of sp³-hybridized carbons (Fsp3) is 0.800. The highest BCUT2D eigenvalue weighted by Gasteiger charge is 2.32. The van der Waals surface area contributed by atoms with Crippen LogP contribution < -0.4 is 0 Å². The molecule has 0 bridgehead atoms. The molecular formula is C10H15N3O2S2. The van der Waals surface area contributed by atoms with Gasteiger partial charge in [0, 0.05) is 12.5 Å². The van der Waals surface area contributed by atoms with Crippen molar-refractivity contribution in [2.75, 3.05) is 11.5 Å². The van der Waals surface area contributed by atoms with Gasteiger partial charge in [-0.3, -0.25) is 5.10 Å². The molecule has 5 nitrogen and oxygen atoms in total. The first-order valence-electron chi connectivity index (χ1n) is 5.91. The van der Waals surface area contributed by atoms with E-state index >= 15 is 0 Å². The smallest absolute Gasteiger partial charge is 0.195 e. The maximum Gasteiger partial charge on any atom is 0.195 e. The minimum Gasteiger partial charge on any atom is -0.304 e. The SMILES string of the molecule is O=S1(=O)CCC(Cn2c(C3CC3)n[nH]c2=S)C1. The van der Waals surface area contributed by atoms with Crippen LogP contribution in [0.5, 0.6) is 0 Å². The molecule has 1 aromatic heterocycles. The summed E-state index contributed by atoms with van der Waals surface area (Å²) < 4.78 is 25.5. The number of rotatable bonds is 3. The molecule has 0 radical (unpaired) electrons. The van der Waals surface area contributed by atoms with Crippen LogP contribution in [-0.4, -0.2) is 34.7 Å². The summed E-state index contributed by atoms with van der Waals surface area (Å²) in [6.07, 6.45) is 3.09. The first kappa shape index (κ1) is 11.4. The number of hydrogen-bond acceptors (Lipinski definition) is 4. The maximum absolute atomic E-state index is 11.4. The van der Waals surface area contributed by atoms with E-state index in [0.29, 0.717) is 28.7 Å². The molecule has 1 saturated heterocycles. The Kier molecular flexibility index (Phi) is 2.62. The number of nitrogens with one attached hydrogen (secondary N) is 1. The molecule has 0 amide bonds. The highest BCUT2D eigenvalue weighted by Crippen LogP contribution is 2.39. The highest BCUT2D eigenvalue weighted by molar-refractivity contribution is 7.91. The third kappa shape index (κ3) is 2.30. The van der Waals surface area contributed by atoms with Gasteiger partial charge in [-0.15, -0.1) is 0 Å². The molecule has 7 heteroatoms. The van der Waals surface area contributed by atoms with Crippen LogP contribution in [-0.2, 0) is 16.4 Å². The Morgan fingerprint density at radius 2 is 2.18 bits per heavy atom. The number of aromatic amines is 1. The maximum atomic E-state index is 11.4. The molecule has 94 valence electrons. The van der Waals surface area contributed by atoms with Gasteiger partial charge in [0.1, 0.15) is 5.82 Å². The van der Waals surface area contributed by atoms with Gasteiger partial charge in [-0.25, -0.2) is 8.42 Å². The average Bonchev–Trinajstić information content (AvgIpc) is 2.95. The minimum atomic E-state index is -2.81. The summed E-state index contributed by atoms with van der Waals surface area (Å²) in [5.74, 6) is 2.35. The number of aromatic nitrogens is 3. The minimum absolute atomic E-state index is 0.196. The summed E-state index contributed by atoms with van der Waals surface area (Å²) in [6.45, 7) is 0.695. The first-order valence-corrected chi connectivity index (χ1v) is 8.13. The van der Waals surface area contributed by atoms with E-state index in [9.17, 15) is 8.42 Å². The molecule has 1 aliphatic heterocycles. The molecule has 1 N–H and O–H groups in total. The molecule has 1 aromatic rings. The number of sulfone groups is 1. The molecule has 0 aromatic carbocycles. The van der Waals surface area contributed by atoms with Crippen LogP contribution in [0.4, 0.5) is 0 Å². The lowest BCUT2D eigenvalue weighted by Crippen LogP contribution is -2.14. The van der Waals surface area contributed by atoms with E-state index in [1.807, 2.05) is 4.57 Å². The zero-order valence-corrected chi connectivity index (χ0v) is 11.1. The Morgan fingerprint density at radius 3 is 2.76 bits per heavy atom. The van der Waals surface area contributed by atoms with Crippen molar-refractivity contribution in [3.63, 3.8) is 0 Å². The van der Waals surface area contributed by atoms with Crippen molar-refractivity contribution in [2.45, 2.75) is 31.7 Å². The Hall–Kier alpha value is -0.690. The normalized spacial score (nSPS) is 27.4. The molecule has 1 saturated carbocycles. The van der Waals surface area contributed by atoms with Gasteiger partial charge >= 0.3 is 0 Å². The fourth-order valence-corrected chi connectivity index (χ4v) is 4.50. The average molecular weight is 273 g/mol. The van der Waals surface area contributed by atoms with Gasteiger partial charge < -0.3 is 4.57 Å². The molecular weight excluding hydrogens is 258 g/mol. The van der Waals surface area contributed by atoms with Gasteiger partial charge in [0.15, 0.2) is 14.6 Å². The van der Waals surface area contributed by atoms with Crippen molar-refractivity contribution in [1.29, 1.82) is 0 Å². The third-order valence-electron chi connectivity index (χ3n) is 3.50. The van der Waals surface area contributed by atoms with E-state index in [0.717, 1.165) is 12.2 Å². The molecule has 17 heavy (non-hydrogen) atoms. The Labute approximate surface area is 105 Å². The van der Waals surface area contributed by atoms with Crippen molar-refractivity contribution >= 4 is 22.1 Å². The van der Waals surface area contributed by atoms with Gasteiger partial charge in [0.2, 0.25) is 0 Å². The molecule has 3 rings (SSSR count). The van der Waals surface area contributed by atoms with Crippen LogP contribution in [0.3, 0.4) is 0 Å². The van der Waals surface area contributed by atoms with Gasteiger partial charge in [-0.1, -0.05) is 0 Å². The summed E-state index contributed by atoms with van der Waals surface area (Å²) in [5, 5.41) is 7.07. The molecule has 1 aliphatic carbocycles. The van der Waals surface area contributed by atoms with Crippen LogP contribution in [0, 0.1) is 10.7 Å². The second-order valence-corrected chi connectivity index (χ2v) is 7.66. The van der Waals surface area contributed by atoms with Crippen LogP contribution in [0.25, 0.3) is 0 Å². The van der Waals surface area contributed by atoms with Crippen LogP contribution in [0.2, 0.25) is 0 Å². The summed E-state index contributed by atoms with van der Waals surface area (Å²) in [7, 11) is -2.81. The molecule has 2 aliphatic rings. The monoisotopic (exact) mass is 273 g/mol. The lowest BCUT2D eigenvalue weighted by molar-refractivity contribution is 0.474. The quantitative estimate of drug-likeness (QED) is 0.842. The highest BCUT2D eigenvalue weighted by atomic mass is 32.2. The van der Waals surface area contributed by atoms with E-state index in [4.69, 9.17) is 12.2 Å². The fourth-order valence-electron chi connectivity index (χ4n) is 2.43. The largest absolute Gasteiger partial charge is 0.304 e. The van der Waals surface area contributed by atoms with Gasteiger partial charge in [-0.05, 0) is 37.4 Å². The standard InChI is InChI=1S/C10H15N3O2S2/c14-17(15)4-3-7(6-17)5-13-9(8-1-2-8)11-12-10(13)16/h7-8H,1-6H2,(H,12,16). The lowest BCUT2D eigenvalue weighted by Gasteiger charge is -2.10. The molecule has 1 atom stereocenters. The van der Waals surface area contributed by atoms with Crippen LogP contribution >= 0.6 is 12.2 Å². The zero-order chi connectivity index (χ0) is 12.0. The van der Waals surface area contributed by atoms with E-state index in [1.54, 1.807) is 0 Å². The van der Waals surface area contributed by atoms with E-state index < -0.39 is 9.84 Å². The molecule has 0 spiro atoms. The predicted molar refractivity (Wildman–Crippen MR) is 66.1 cm³/mol. The first-order chi connectivity index (χ1) is 8.05. The Bertz CT molecular complexity index is 583. The van der Waals surface area contributed by atoms with Crippen LogP contribution in [0.15, 0.2) is 0 Å². The second-order valence-electron chi connectivity index (χ2n) is 5.04. The number of hydrogen-bond donors (Lipinski definition) is 1. The van der Waals surface area contributed by atoms with Crippen molar-refractivity contribution in [1.82, 2.24) is 14.8 Å². The van der Waals surface area contributed by atoms with E-state index in [1.165, 1.54) is 12.8 Å². The van der Waals surface area contributed by atoms with E-state index in [2.05, 4.69) is 10.2 Å². The summed E-state index contributed by atoms with van der Waals surface area (Å²) in [4.78, 5) is 0. The zero-order valence-electron chi connectivity index (χ0n) is 9.42. The molecule has 1 unspecified atom stereocenters. The predicted octanol–water partition coefficient (Wildman–Crippen LogP) is 1.25. The summed E-state index contributed by atoms with van der Waals surface area (Å²) >= 11 is 5.21. The van der Waals surface area contributed by atoms with Crippen molar-refractivity contribution < 1.29 is 8.42 Å². The summed E-state index contributed by atoms with van der Waals surface area (Å²) in [5.41, 5.74) is 0. The Morgan fingerprint density at radius 1 is 1.41 bits per heavy atom. The molecule has 2 heterocycles. The van der Waals surface area contributed by atoms with Gasteiger partial charge in [0.05, 0.1) is 11.5 Å². The number of nitrogens with zero attached hydrogens (tertiary/aromatic N) is 2. The second kappa shape index (κ2) is 3.91. The Balaban J connectivity index is 1.81. The number of H-pyrrole nitrogens is 1. The van der Waals surface area contributed by atoms with Crippen LogP contribution in [0.1, 0.15) is 31.0 Å². The van der Waals surface area contributed by atoms with Gasteiger partial charge in [-0.2, -0.15) is 5.10 Å². The third-order valence-corrected chi connectivity index (χ3v) is 5.65. The van der Waals surface area contributed by atoms with Gasteiger partial charge in [0.25, 0.3) is 0 Å². The van der Waals surface area contributed by atoms with Crippen molar-refractivity contribution in [3.8, 4) is 0 Å². The topological polar surface area (TPSA) is 67.8 Å². The van der Waals surface area contributed by atoms with Crippen molar-refractivity contribution in [3.05, 3.63) is 10.6 Å². The summed E-state index contributed by atoms with van der Waals surface area (Å²) in [6, 6.07) is 0. The van der Waals surface area contributed by atoms with Crippen molar-refractivity contribution in [2.24, 2.45) is 5.92 Å². The lowest BCUT2D eigenvalue weighted by atomic mass is 10.1.